The molecule has 0 fully saturated rings. The fourth-order valence-electron chi connectivity index (χ4n) is 1.73. The maximum Gasteiger partial charge on any atom is 0.218 e. The van der Waals surface area contributed by atoms with Crippen molar-refractivity contribution in [2.24, 2.45) is 0 Å². The molecule has 1 unspecified atom stereocenters. The molecule has 2 aromatic rings. The molecule has 1 atom stereocenters. The minimum Gasteiger partial charge on any atom is -0.481 e. The molecule has 0 spiro atoms. The summed E-state index contributed by atoms with van der Waals surface area (Å²) in [4.78, 5) is 8.10. The molecule has 0 radical (unpaired) electrons. The highest BCUT2D eigenvalue weighted by molar-refractivity contribution is 5.51. The Kier molecular flexibility index (Phi) is 3.62. The molecular weight excluding hydrogens is 228 g/mol. The van der Waals surface area contributed by atoms with E-state index in [2.05, 4.69) is 15.3 Å². The van der Waals surface area contributed by atoms with Crippen molar-refractivity contribution in [1.82, 2.24) is 9.97 Å². The number of aromatic nitrogens is 2. The molecule has 5 nitrogen and oxygen atoms in total. The third-order valence-corrected chi connectivity index (χ3v) is 2.68. The molecule has 0 saturated heterocycles. The van der Waals surface area contributed by atoms with E-state index in [9.17, 15) is 0 Å². The zero-order chi connectivity index (χ0) is 13.0. The molecule has 94 valence electrons. The first-order valence-electron chi connectivity index (χ1n) is 5.67. The van der Waals surface area contributed by atoms with Crippen LogP contribution in [0.5, 0.6) is 5.88 Å². The number of hydrogen-bond donors (Lipinski definition) is 2. The second kappa shape index (κ2) is 5.35. The van der Waals surface area contributed by atoms with Gasteiger partial charge < -0.3 is 15.8 Å². The van der Waals surface area contributed by atoms with Gasteiger partial charge in [-0.15, -0.1) is 0 Å². The molecule has 0 aliphatic heterocycles. The molecule has 0 bridgehead atoms. The van der Waals surface area contributed by atoms with Gasteiger partial charge >= 0.3 is 0 Å². The van der Waals surface area contributed by atoms with Crippen LogP contribution in [-0.2, 0) is 0 Å². The molecule has 1 aromatic heterocycles. The molecule has 5 heteroatoms. The van der Waals surface area contributed by atoms with Crippen molar-refractivity contribution in [2.45, 2.75) is 13.0 Å². The first kappa shape index (κ1) is 12.2. The van der Waals surface area contributed by atoms with Crippen LogP contribution in [0.4, 0.5) is 11.5 Å². The van der Waals surface area contributed by atoms with E-state index in [-0.39, 0.29) is 6.04 Å². The van der Waals surface area contributed by atoms with Gasteiger partial charge in [0.1, 0.15) is 12.1 Å². The zero-order valence-corrected chi connectivity index (χ0v) is 10.4. The zero-order valence-electron chi connectivity index (χ0n) is 10.4. The van der Waals surface area contributed by atoms with Crippen molar-refractivity contribution in [1.29, 1.82) is 0 Å². The summed E-state index contributed by atoms with van der Waals surface area (Å²) in [7, 11) is 1.57. The number of nitrogens with zero attached hydrogens (tertiary/aromatic N) is 2. The van der Waals surface area contributed by atoms with Gasteiger partial charge in [-0.05, 0) is 18.6 Å². The van der Waals surface area contributed by atoms with E-state index < -0.39 is 0 Å². The summed E-state index contributed by atoms with van der Waals surface area (Å²) in [6, 6.07) is 9.56. The number of nitrogen functional groups attached to an aromatic ring is 1. The second-order valence-corrected chi connectivity index (χ2v) is 3.94. The van der Waals surface area contributed by atoms with Crippen molar-refractivity contribution >= 4 is 11.5 Å². The molecule has 0 amide bonds. The topological polar surface area (TPSA) is 73.1 Å². The van der Waals surface area contributed by atoms with Crippen LogP contribution in [0.1, 0.15) is 18.5 Å². The van der Waals surface area contributed by atoms with Gasteiger partial charge in [0.05, 0.1) is 13.2 Å². The third kappa shape index (κ3) is 2.68. The normalized spacial score (nSPS) is 11.9. The predicted molar refractivity (Wildman–Crippen MR) is 71.5 cm³/mol. The quantitative estimate of drug-likeness (QED) is 0.807. The van der Waals surface area contributed by atoms with Crippen LogP contribution >= 0.6 is 0 Å². The lowest BCUT2D eigenvalue weighted by Gasteiger charge is -2.16. The Labute approximate surface area is 106 Å². The van der Waals surface area contributed by atoms with E-state index in [1.165, 1.54) is 6.33 Å². The Morgan fingerprint density at radius 3 is 2.78 bits per heavy atom. The molecule has 0 saturated carbocycles. The Morgan fingerprint density at radius 2 is 2.06 bits per heavy atom. The maximum absolute atomic E-state index is 5.93. The Bertz CT molecular complexity index is 530. The highest BCUT2D eigenvalue weighted by atomic mass is 16.5. The number of ether oxygens (including phenoxy) is 1. The first-order valence-corrected chi connectivity index (χ1v) is 5.67. The molecular formula is C13H16N4O. The average Bonchev–Trinajstić information content (AvgIpc) is 2.39. The van der Waals surface area contributed by atoms with Crippen LogP contribution in [-0.4, -0.2) is 17.1 Å². The Balaban J connectivity index is 2.16. The maximum atomic E-state index is 5.93. The Morgan fingerprint density at radius 1 is 1.28 bits per heavy atom. The van der Waals surface area contributed by atoms with Crippen LogP contribution in [0.25, 0.3) is 0 Å². The molecule has 18 heavy (non-hydrogen) atoms. The number of nitrogens with one attached hydrogen (secondary N) is 1. The van der Waals surface area contributed by atoms with Gasteiger partial charge in [-0.2, -0.15) is 0 Å². The summed E-state index contributed by atoms with van der Waals surface area (Å²) in [6.07, 6.45) is 1.46. The number of methoxy groups -OCH3 is 1. The van der Waals surface area contributed by atoms with Crippen molar-refractivity contribution in [3.8, 4) is 5.88 Å². The average molecular weight is 244 g/mol. The first-order chi connectivity index (χ1) is 8.70. The lowest BCUT2D eigenvalue weighted by atomic mass is 10.1. The number of nitrogens with two attached hydrogens (primary N) is 1. The molecule has 0 aliphatic rings. The minimum atomic E-state index is 0.0609. The van der Waals surface area contributed by atoms with E-state index in [1.807, 2.05) is 31.2 Å². The van der Waals surface area contributed by atoms with Crippen LogP contribution < -0.4 is 15.8 Å². The second-order valence-electron chi connectivity index (χ2n) is 3.94. The fraction of sp³-hybridized carbons (Fsp3) is 0.231. The van der Waals surface area contributed by atoms with Crippen molar-refractivity contribution in [2.75, 3.05) is 18.2 Å². The standard InChI is InChI=1S/C13H16N4O/c1-9(10-5-3-4-6-11(10)14)17-12-7-13(18-2)16-8-15-12/h3-9H,14H2,1-2H3,(H,15,16,17). The van der Waals surface area contributed by atoms with Crippen LogP contribution in [0, 0.1) is 0 Å². The third-order valence-electron chi connectivity index (χ3n) is 2.68. The molecule has 2 rings (SSSR count). The van der Waals surface area contributed by atoms with Crippen LogP contribution in [0.2, 0.25) is 0 Å². The van der Waals surface area contributed by atoms with E-state index >= 15 is 0 Å². The van der Waals surface area contributed by atoms with Gasteiger partial charge in [-0.1, -0.05) is 18.2 Å². The molecule has 1 aromatic carbocycles. The van der Waals surface area contributed by atoms with Crippen LogP contribution in [0.3, 0.4) is 0 Å². The van der Waals surface area contributed by atoms with Crippen molar-refractivity contribution < 1.29 is 4.74 Å². The largest absolute Gasteiger partial charge is 0.481 e. The predicted octanol–water partition coefficient (Wildman–Crippen LogP) is 2.24. The number of para-hydroxylation sites is 1. The summed E-state index contributed by atoms with van der Waals surface area (Å²) in [5.74, 6) is 1.23. The number of benzene rings is 1. The van der Waals surface area contributed by atoms with Crippen molar-refractivity contribution in [3.05, 3.63) is 42.2 Å². The van der Waals surface area contributed by atoms with Gasteiger partial charge in [0.2, 0.25) is 5.88 Å². The highest BCUT2D eigenvalue weighted by Crippen LogP contribution is 2.23. The van der Waals surface area contributed by atoms with Crippen molar-refractivity contribution in [3.63, 3.8) is 0 Å². The summed E-state index contributed by atoms with van der Waals surface area (Å²) in [5, 5.41) is 3.26. The van der Waals surface area contributed by atoms with Gasteiger partial charge in [-0.3, -0.25) is 0 Å². The van der Waals surface area contributed by atoms with Gasteiger partial charge in [0.25, 0.3) is 0 Å². The molecule has 1 heterocycles. The Hall–Kier alpha value is -2.30. The number of rotatable bonds is 4. The van der Waals surface area contributed by atoms with E-state index in [0.717, 1.165) is 11.3 Å². The van der Waals surface area contributed by atoms with E-state index in [1.54, 1.807) is 13.2 Å². The molecule has 0 aliphatic carbocycles. The summed E-state index contributed by atoms with van der Waals surface area (Å²) in [6.45, 7) is 2.03. The van der Waals surface area contributed by atoms with E-state index in [4.69, 9.17) is 10.5 Å². The fourth-order valence-corrected chi connectivity index (χ4v) is 1.73. The van der Waals surface area contributed by atoms with Gasteiger partial charge in [-0.25, -0.2) is 9.97 Å². The smallest absolute Gasteiger partial charge is 0.218 e. The SMILES string of the molecule is COc1cc(NC(C)c2ccccc2N)ncn1. The highest BCUT2D eigenvalue weighted by Gasteiger charge is 2.09. The summed E-state index contributed by atoms with van der Waals surface area (Å²) in [5.41, 5.74) is 7.73. The van der Waals surface area contributed by atoms with Crippen LogP contribution in [0.15, 0.2) is 36.7 Å². The number of anilines is 2. The lowest BCUT2D eigenvalue weighted by Crippen LogP contribution is -2.10. The minimum absolute atomic E-state index is 0.0609. The number of hydrogen-bond acceptors (Lipinski definition) is 5. The summed E-state index contributed by atoms with van der Waals surface area (Å²) < 4.78 is 5.05. The lowest BCUT2D eigenvalue weighted by molar-refractivity contribution is 0.397. The molecule has 3 N–H and O–H groups in total. The monoisotopic (exact) mass is 244 g/mol. The van der Waals surface area contributed by atoms with Gasteiger partial charge in [0.15, 0.2) is 0 Å². The van der Waals surface area contributed by atoms with E-state index in [0.29, 0.717) is 11.7 Å². The summed E-state index contributed by atoms with van der Waals surface area (Å²) >= 11 is 0. The van der Waals surface area contributed by atoms with Gasteiger partial charge in [0, 0.05) is 11.8 Å².